The molecule has 0 radical (unpaired) electrons. The Morgan fingerprint density at radius 1 is 1.70 bits per heavy atom. The molecule has 0 saturated heterocycles. The van der Waals surface area contributed by atoms with Crippen molar-refractivity contribution in [2.45, 2.75) is 19.1 Å². The zero-order valence-electron chi connectivity index (χ0n) is 5.84. The molecule has 0 aromatic carbocycles. The van der Waals surface area contributed by atoms with Crippen molar-refractivity contribution in [3.63, 3.8) is 0 Å². The van der Waals surface area contributed by atoms with Gasteiger partial charge in [-0.3, -0.25) is 0 Å². The minimum Gasteiger partial charge on any atom is -0.370 e. The standard InChI is InChI=1S/C6H9NOS2/c1-3-5(4(2)9)6(10)8-7-3/h4,7,9H,1-2H3. The van der Waals surface area contributed by atoms with Crippen molar-refractivity contribution in [1.29, 1.82) is 0 Å². The molecule has 1 atom stereocenters. The Morgan fingerprint density at radius 2 is 2.30 bits per heavy atom. The SMILES string of the molecule is Cc1[nH]oc(=S)c1C(C)S. The van der Waals surface area contributed by atoms with Crippen LogP contribution in [0.1, 0.15) is 23.4 Å². The van der Waals surface area contributed by atoms with E-state index in [2.05, 4.69) is 17.8 Å². The summed E-state index contributed by atoms with van der Waals surface area (Å²) in [5.41, 5.74) is 1.95. The number of H-pyrrole nitrogens is 1. The van der Waals surface area contributed by atoms with Gasteiger partial charge in [0, 0.05) is 10.8 Å². The van der Waals surface area contributed by atoms with Gasteiger partial charge in [0.25, 0.3) is 0 Å². The number of nitrogens with one attached hydrogen (secondary N) is 1. The molecule has 10 heavy (non-hydrogen) atoms. The van der Waals surface area contributed by atoms with Gasteiger partial charge < -0.3 is 4.52 Å². The third-order valence-corrected chi connectivity index (χ3v) is 1.90. The summed E-state index contributed by atoms with van der Waals surface area (Å²) in [6, 6.07) is 0. The van der Waals surface area contributed by atoms with Crippen LogP contribution in [0.3, 0.4) is 0 Å². The van der Waals surface area contributed by atoms with Crippen LogP contribution in [-0.4, -0.2) is 5.16 Å². The fourth-order valence-corrected chi connectivity index (χ4v) is 1.64. The van der Waals surface area contributed by atoms with Gasteiger partial charge in [0.2, 0.25) is 4.71 Å². The van der Waals surface area contributed by atoms with Crippen LogP contribution in [0.15, 0.2) is 4.52 Å². The molecule has 0 aliphatic rings. The first-order valence-electron chi connectivity index (χ1n) is 2.99. The minimum absolute atomic E-state index is 0.141. The number of aromatic nitrogens is 1. The van der Waals surface area contributed by atoms with E-state index in [1.165, 1.54) is 0 Å². The van der Waals surface area contributed by atoms with E-state index in [9.17, 15) is 0 Å². The van der Waals surface area contributed by atoms with Gasteiger partial charge in [0.15, 0.2) is 0 Å². The van der Waals surface area contributed by atoms with Crippen LogP contribution in [-0.2, 0) is 0 Å². The molecular weight excluding hydrogens is 166 g/mol. The Kier molecular flexibility index (Phi) is 2.21. The number of hydrogen-bond acceptors (Lipinski definition) is 3. The zero-order chi connectivity index (χ0) is 7.72. The molecule has 56 valence electrons. The summed E-state index contributed by atoms with van der Waals surface area (Å²) in [5.74, 6) is 0. The van der Waals surface area contributed by atoms with Gasteiger partial charge in [0.05, 0.1) is 5.69 Å². The molecule has 0 bridgehead atoms. The maximum absolute atomic E-state index is 4.90. The van der Waals surface area contributed by atoms with Crippen LogP contribution < -0.4 is 0 Å². The highest BCUT2D eigenvalue weighted by atomic mass is 32.1. The molecule has 1 N–H and O–H groups in total. The number of rotatable bonds is 1. The summed E-state index contributed by atoms with van der Waals surface area (Å²) in [6.45, 7) is 3.88. The summed E-state index contributed by atoms with van der Waals surface area (Å²) >= 11 is 9.15. The third-order valence-electron chi connectivity index (χ3n) is 1.34. The summed E-state index contributed by atoms with van der Waals surface area (Å²) in [5, 5.41) is 2.83. The molecule has 1 heterocycles. The Morgan fingerprint density at radius 3 is 2.50 bits per heavy atom. The van der Waals surface area contributed by atoms with E-state index in [4.69, 9.17) is 16.7 Å². The predicted molar refractivity (Wildman–Crippen MR) is 46.0 cm³/mol. The van der Waals surface area contributed by atoms with Crippen LogP contribution in [0.25, 0.3) is 0 Å². The fourth-order valence-electron chi connectivity index (χ4n) is 0.870. The summed E-state index contributed by atoms with van der Waals surface area (Å²) in [4.78, 5) is 0. The second-order valence-electron chi connectivity index (χ2n) is 2.21. The quantitative estimate of drug-likeness (QED) is 0.507. The molecule has 0 spiro atoms. The van der Waals surface area contributed by atoms with Gasteiger partial charge in [-0.25, -0.2) is 5.16 Å². The van der Waals surface area contributed by atoms with Gasteiger partial charge >= 0.3 is 0 Å². The Labute approximate surface area is 70.0 Å². The molecule has 4 heteroatoms. The molecule has 0 aliphatic carbocycles. The highest BCUT2D eigenvalue weighted by molar-refractivity contribution is 7.80. The van der Waals surface area contributed by atoms with Crippen LogP contribution in [0.2, 0.25) is 0 Å². The van der Waals surface area contributed by atoms with Gasteiger partial charge in [-0.15, -0.1) is 0 Å². The van der Waals surface area contributed by atoms with E-state index in [1.807, 2.05) is 13.8 Å². The first kappa shape index (κ1) is 7.88. The van der Waals surface area contributed by atoms with Crippen molar-refractivity contribution in [1.82, 2.24) is 5.16 Å². The molecule has 1 rings (SSSR count). The second-order valence-corrected chi connectivity index (χ2v) is 3.35. The lowest BCUT2D eigenvalue weighted by molar-refractivity contribution is 0.403. The lowest BCUT2D eigenvalue weighted by Crippen LogP contribution is -1.84. The second kappa shape index (κ2) is 2.80. The maximum Gasteiger partial charge on any atom is 0.224 e. The van der Waals surface area contributed by atoms with E-state index < -0.39 is 0 Å². The average molecular weight is 175 g/mol. The van der Waals surface area contributed by atoms with Gasteiger partial charge in [-0.1, -0.05) is 0 Å². The van der Waals surface area contributed by atoms with Crippen LogP contribution >= 0.6 is 24.8 Å². The lowest BCUT2D eigenvalue weighted by Gasteiger charge is -1.97. The Bertz CT molecular complexity index is 274. The summed E-state index contributed by atoms with van der Waals surface area (Å²) in [6.07, 6.45) is 0. The van der Waals surface area contributed by atoms with Gasteiger partial charge in [0.1, 0.15) is 0 Å². The monoisotopic (exact) mass is 175 g/mol. The van der Waals surface area contributed by atoms with E-state index in [0.717, 1.165) is 11.3 Å². The van der Waals surface area contributed by atoms with Crippen molar-refractivity contribution in [3.8, 4) is 0 Å². The third kappa shape index (κ3) is 1.27. The maximum atomic E-state index is 4.90. The molecule has 0 fully saturated rings. The molecule has 2 nitrogen and oxygen atoms in total. The first-order valence-corrected chi connectivity index (χ1v) is 3.91. The smallest absolute Gasteiger partial charge is 0.224 e. The fraction of sp³-hybridized carbons (Fsp3) is 0.500. The van der Waals surface area contributed by atoms with Crippen molar-refractivity contribution < 1.29 is 4.52 Å². The van der Waals surface area contributed by atoms with Gasteiger partial charge in [-0.05, 0) is 26.1 Å². The molecule has 0 aliphatic heterocycles. The highest BCUT2D eigenvalue weighted by Gasteiger charge is 2.08. The number of aryl methyl sites for hydroxylation is 1. The topological polar surface area (TPSA) is 28.9 Å². The van der Waals surface area contributed by atoms with Crippen LogP contribution in [0.4, 0.5) is 0 Å². The number of thiol groups is 1. The van der Waals surface area contributed by atoms with Crippen molar-refractivity contribution in [2.75, 3.05) is 0 Å². The number of hydrogen-bond donors (Lipinski definition) is 2. The molecule has 1 unspecified atom stereocenters. The lowest BCUT2D eigenvalue weighted by atomic mass is 10.2. The predicted octanol–water partition coefficient (Wildman–Crippen LogP) is 2.64. The number of aromatic amines is 1. The van der Waals surface area contributed by atoms with Crippen molar-refractivity contribution in [2.24, 2.45) is 0 Å². The van der Waals surface area contributed by atoms with Crippen LogP contribution in [0.5, 0.6) is 0 Å². The van der Waals surface area contributed by atoms with Gasteiger partial charge in [-0.2, -0.15) is 12.6 Å². The minimum atomic E-state index is 0.141. The van der Waals surface area contributed by atoms with Crippen molar-refractivity contribution in [3.05, 3.63) is 16.0 Å². The van der Waals surface area contributed by atoms with E-state index in [-0.39, 0.29) is 5.25 Å². The van der Waals surface area contributed by atoms with Crippen LogP contribution in [0, 0.1) is 11.6 Å². The summed E-state index contributed by atoms with van der Waals surface area (Å²) in [7, 11) is 0. The highest BCUT2D eigenvalue weighted by Crippen LogP contribution is 2.22. The summed E-state index contributed by atoms with van der Waals surface area (Å²) < 4.78 is 5.41. The zero-order valence-corrected chi connectivity index (χ0v) is 7.55. The molecular formula is C6H9NOS2. The molecule has 0 amide bonds. The Balaban J connectivity index is 3.23. The van der Waals surface area contributed by atoms with E-state index in [1.54, 1.807) is 0 Å². The van der Waals surface area contributed by atoms with E-state index in [0.29, 0.717) is 4.71 Å². The first-order chi connectivity index (χ1) is 4.63. The molecule has 0 saturated carbocycles. The largest absolute Gasteiger partial charge is 0.370 e. The van der Waals surface area contributed by atoms with Crippen molar-refractivity contribution >= 4 is 24.8 Å². The normalized spacial score (nSPS) is 13.5. The Hall–Kier alpha value is -0.220. The average Bonchev–Trinajstić information content (AvgIpc) is 2.11. The molecule has 1 aromatic heterocycles. The molecule has 1 aromatic rings. The van der Waals surface area contributed by atoms with E-state index >= 15 is 0 Å².